The first kappa shape index (κ1) is 15.4. The van der Waals surface area contributed by atoms with Crippen LogP contribution in [-0.2, 0) is 4.79 Å². The number of nitrogens with one attached hydrogen (secondary N) is 1. The third kappa shape index (κ3) is 2.72. The van der Waals surface area contributed by atoms with Crippen LogP contribution < -0.4 is 5.32 Å². The van der Waals surface area contributed by atoms with Gasteiger partial charge in [0.15, 0.2) is 0 Å². The molecule has 1 aromatic carbocycles. The fraction of sp³-hybridized carbons (Fsp3) is 0.562. The molecule has 2 N–H and O–H groups in total. The Hall–Kier alpha value is -1.00. The maximum atomic E-state index is 11.4. The molecule has 0 amide bonds. The van der Waals surface area contributed by atoms with Gasteiger partial charge in [-0.1, -0.05) is 18.2 Å². The zero-order valence-corrected chi connectivity index (χ0v) is 13.4. The van der Waals surface area contributed by atoms with E-state index in [9.17, 15) is 9.90 Å². The molecule has 0 aliphatic carbocycles. The maximum Gasteiger partial charge on any atom is 0.310 e. The highest BCUT2D eigenvalue weighted by molar-refractivity contribution is 7.99. The van der Waals surface area contributed by atoms with Gasteiger partial charge < -0.3 is 10.4 Å². The number of carboxylic acid groups (broad SMARTS) is 1. The zero-order chi connectivity index (χ0) is 15.0. The Morgan fingerprint density at radius 1 is 1.35 bits per heavy atom. The number of carbonyl (C=O) groups is 1. The lowest BCUT2D eigenvalue weighted by atomic mass is 9.74. The number of rotatable bonds is 5. The van der Waals surface area contributed by atoms with Crippen LogP contribution >= 0.6 is 11.8 Å². The van der Waals surface area contributed by atoms with Gasteiger partial charge in [-0.25, -0.2) is 0 Å². The standard InChI is InChI=1S/C16H23NO2S/c1-15(2,14(18)19)16(3,4)17-9-11-10-20-13-8-6-5-7-12(11)13/h5-8,11,17H,9-10H2,1-4H3,(H,18,19). The highest BCUT2D eigenvalue weighted by Crippen LogP contribution is 2.39. The van der Waals surface area contributed by atoms with Gasteiger partial charge in [-0.2, -0.15) is 0 Å². The first-order chi connectivity index (χ1) is 9.25. The summed E-state index contributed by atoms with van der Waals surface area (Å²) in [6.07, 6.45) is 0. The second-order valence-corrected chi connectivity index (χ2v) is 7.54. The average Bonchev–Trinajstić information content (AvgIpc) is 2.79. The van der Waals surface area contributed by atoms with Crippen molar-refractivity contribution >= 4 is 17.7 Å². The molecular formula is C16H23NO2S. The van der Waals surface area contributed by atoms with E-state index in [4.69, 9.17) is 0 Å². The predicted molar refractivity (Wildman–Crippen MR) is 83.4 cm³/mol. The topological polar surface area (TPSA) is 49.3 Å². The zero-order valence-electron chi connectivity index (χ0n) is 12.6. The van der Waals surface area contributed by atoms with Gasteiger partial charge in [0.1, 0.15) is 0 Å². The molecule has 0 aromatic heterocycles. The van der Waals surface area contributed by atoms with Crippen LogP contribution in [0, 0.1) is 5.41 Å². The molecule has 4 heteroatoms. The Kier molecular flexibility index (Phi) is 4.17. The van der Waals surface area contributed by atoms with Crippen molar-refractivity contribution in [2.45, 2.75) is 44.0 Å². The van der Waals surface area contributed by atoms with Crippen molar-refractivity contribution in [1.29, 1.82) is 0 Å². The Labute approximate surface area is 125 Å². The van der Waals surface area contributed by atoms with Crippen molar-refractivity contribution in [2.24, 2.45) is 5.41 Å². The van der Waals surface area contributed by atoms with E-state index in [1.54, 1.807) is 13.8 Å². The summed E-state index contributed by atoms with van der Waals surface area (Å²) in [5.74, 6) is 0.756. The van der Waals surface area contributed by atoms with Crippen LogP contribution in [0.5, 0.6) is 0 Å². The van der Waals surface area contributed by atoms with Crippen LogP contribution in [0.15, 0.2) is 29.2 Å². The number of hydrogen-bond acceptors (Lipinski definition) is 3. The minimum Gasteiger partial charge on any atom is -0.481 e. The van der Waals surface area contributed by atoms with Crippen molar-refractivity contribution in [3.05, 3.63) is 29.8 Å². The monoisotopic (exact) mass is 293 g/mol. The second-order valence-electron chi connectivity index (χ2n) is 6.48. The van der Waals surface area contributed by atoms with Gasteiger partial charge in [-0.15, -0.1) is 11.8 Å². The minimum absolute atomic E-state index is 0.457. The Morgan fingerprint density at radius 2 is 2.00 bits per heavy atom. The van der Waals surface area contributed by atoms with Crippen LogP contribution in [-0.4, -0.2) is 28.9 Å². The van der Waals surface area contributed by atoms with Crippen molar-refractivity contribution < 1.29 is 9.90 Å². The van der Waals surface area contributed by atoms with Gasteiger partial charge >= 0.3 is 5.97 Å². The normalized spacial score (nSPS) is 18.9. The molecule has 0 bridgehead atoms. The highest BCUT2D eigenvalue weighted by atomic mass is 32.2. The lowest BCUT2D eigenvalue weighted by Gasteiger charge is -2.39. The summed E-state index contributed by atoms with van der Waals surface area (Å²) in [4.78, 5) is 12.8. The van der Waals surface area contributed by atoms with Crippen molar-refractivity contribution in [1.82, 2.24) is 5.32 Å². The lowest BCUT2D eigenvalue weighted by Crippen LogP contribution is -2.55. The van der Waals surface area contributed by atoms with Gasteiger partial charge in [-0.3, -0.25) is 4.79 Å². The molecule has 0 saturated carbocycles. The van der Waals surface area contributed by atoms with Gasteiger partial charge in [0.2, 0.25) is 0 Å². The number of carboxylic acids is 1. The van der Waals surface area contributed by atoms with E-state index < -0.39 is 16.9 Å². The molecule has 0 saturated heterocycles. The van der Waals surface area contributed by atoms with E-state index in [2.05, 4.69) is 29.6 Å². The first-order valence-corrected chi connectivity index (χ1v) is 7.94. The molecule has 1 aliphatic heterocycles. The number of benzene rings is 1. The maximum absolute atomic E-state index is 11.4. The number of fused-ring (bicyclic) bond motifs is 1. The molecule has 1 atom stereocenters. The molecule has 20 heavy (non-hydrogen) atoms. The SMILES string of the molecule is CC(C)(NCC1CSc2ccccc21)C(C)(C)C(=O)O. The number of aliphatic carboxylic acids is 1. The molecule has 0 radical (unpaired) electrons. The van der Waals surface area contributed by atoms with Crippen molar-refractivity contribution in [3.63, 3.8) is 0 Å². The molecule has 1 aliphatic rings. The molecule has 0 fully saturated rings. The van der Waals surface area contributed by atoms with E-state index >= 15 is 0 Å². The summed E-state index contributed by atoms with van der Waals surface area (Å²) < 4.78 is 0. The molecule has 3 nitrogen and oxygen atoms in total. The molecule has 1 unspecified atom stereocenters. The van der Waals surface area contributed by atoms with Crippen LogP contribution in [0.1, 0.15) is 39.2 Å². The molecule has 1 aromatic rings. The van der Waals surface area contributed by atoms with Crippen LogP contribution in [0.2, 0.25) is 0 Å². The van der Waals surface area contributed by atoms with Crippen molar-refractivity contribution in [3.8, 4) is 0 Å². The van der Waals surface area contributed by atoms with Gasteiger partial charge in [0.25, 0.3) is 0 Å². The summed E-state index contributed by atoms with van der Waals surface area (Å²) >= 11 is 1.88. The largest absolute Gasteiger partial charge is 0.481 e. The third-order valence-corrected chi connectivity index (χ3v) is 5.94. The molecule has 2 rings (SSSR count). The number of thioether (sulfide) groups is 1. The van der Waals surface area contributed by atoms with E-state index in [0.717, 1.165) is 12.3 Å². The van der Waals surface area contributed by atoms with Crippen molar-refractivity contribution in [2.75, 3.05) is 12.3 Å². The molecule has 1 heterocycles. The molecule has 110 valence electrons. The Bertz CT molecular complexity index is 511. The molecular weight excluding hydrogens is 270 g/mol. The summed E-state index contributed by atoms with van der Waals surface area (Å²) in [6.45, 7) is 8.30. The van der Waals surface area contributed by atoms with Gasteiger partial charge in [0, 0.05) is 28.6 Å². The third-order valence-electron chi connectivity index (χ3n) is 4.69. The fourth-order valence-electron chi connectivity index (χ4n) is 2.26. The summed E-state index contributed by atoms with van der Waals surface area (Å²) in [7, 11) is 0. The summed E-state index contributed by atoms with van der Waals surface area (Å²) in [6, 6.07) is 8.48. The Morgan fingerprint density at radius 3 is 2.65 bits per heavy atom. The smallest absolute Gasteiger partial charge is 0.310 e. The van der Waals surface area contributed by atoms with Gasteiger partial charge in [0.05, 0.1) is 5.41 Å². The second kappa shape index (κ2) is 5.41. The number of hydrogen-bond donors (Lipinski definition) is 2. The van der Waals surface area contributed by atoms with E-state index in [1.165, 1.54) is 10.5 Å². The fourth-order valence-corrected chi connectivity index (χ4v) is 3.52. The quantitative estimate of drug-likeness (QED) is 0.874. The van der Waals surface area contributed by atoms with Crippen LogP contribution in [0.25, 0.3) is 0 Å². The van der Waals surface area contributed by atoms with Crippen LogP contribution in [0.3, 0.4) is 0 Å². The summed E-state index contributed by atoms with van der Waals surface area (Å²) in [5, 5.41) is 12.9. The minimum atomic E-state index is -0.807. The lowest BCUT2D eigenvalue weighted by molar-refractivity contribution is -0.151. The van der Waals surface area contributed by atoms with E-state index in [0.29, 0.717) is 5.92 Å². The highest BCUT2D eigenvalue weighted by Gasteiger charge is 2.43. The predicted octanol–water partition coefficient (Wildman–Crippen LogP) is 3.35. The first-order valence-electron chi connectivity index (χ1n) is 6.96. The van der Waals surface area contributed by atoms with Crippen LogP contribution in [0.4, 0.5) is 0 Å². The average molecular weight is 293 g/mol. The van der Waals surface area contributed by atoms with E-state index in [1.807, 2.05) is 25.6 Å². The van der Waals surface area contributed by atoms with Gasteiger partial charge in [-0.05, 0) is 39.3 Å². The molecule has 0 spiro atoms. The van der Waals surface area contributed by atoms with E-state index in [-0.39, 0.29) is 0 Å². The summed E-state index contributed by atoms with van der Waals surface area (Å²) in [5.41, 5.74) is 0.119. The Balaban J connectivity index is 2.05.